The number of hydrogen-bond donors (Lipinski definition) is 2. The highest BCUT2D eigenvalue weighted by Crippen LogP contribution is 2.30. The van der Waals surface area contributed by atoms with E-state index in [4.69, 9.17) is 14.2 Å². The van der Waals surface area contributed by atoms with Gasteiger partial charge in [0.25, 0.3) is 0 Å². The molecule has 0 aliphatic carbocycles. The monoisotopic (exact) mass is 358 g/mol. The van der Waals surface area contributed by atoms with Gasteiger partial charge in [0, 0.05) is 30.1 Å². The number of anilines is 1. The minimum Gasteiger partial charge on any atom is -0.493 e. The van der Waals surface area contributed by atoms with Gasteiger partial charge in [0.1, 0.15) is 0 Å². The first-order valence-electron chi connectivity index (χ1n) is 8.55. The summed E-state index contributed by atoms with van der Waals surface area (Å²) >= 11 is 0. The molecule has 2 N–H and O–H groups in total. The quantitative estimate of drug-likeness (QED) is 0.558. The molecule has 0 bridgehead atoms. The van der Waals surface area contributed by atoms with Crippen molar-refractivity contribution < 1.29 is 14.2 Å². The van der Waals surface area contributed by atoms with E-state index < -0.39 is 0 Å². The van der Waals surface area contributed by atoms with Crippen molar-refractivity contribution in [2.24, 2.45) is 4.99 Å². The van der Waals surface area contributed by atoms with Crippen LogP contribution < -0.4 is 24.8 Å². The molecule has 0 unspecified atom stereocenters. The number of pyridine rings is 1. The molecule has 0 aliphatic heterocycles. The minimum absolute atomic E-state index is 0.445. The van der Waals surface area contributed by atoms with Crippen molar-refractivity contribution in [1.29, 1.82) is 0 Å². The van der Waals surface area contributed by atoms with Gasteiger partial charge in [0.15, 0.2) is 17.5 Å². The summed E-state index contributed by atoms with van der Waals surface area (Å²) in [4.78, 5) is 8.80. The van der Waals surface area contributed by atoms with Crippen LogP contribution in [0, 0.1) is 0 Å². The Balaban J connectivity index is 2.17. The Morgan fingerprint density at radius 1 is 1.12 bits per heavy atom. The van der Waals surface area contributed by atoms with Crippen LogP contribution in [0.5, 0.6) is 17.4 Å². The first-order chi connectivity index (χ1) is 12.7. The third kappa shape index (κ3) is 5.27. The summed E-state index contributed by atoms with van der Waals surface area (Å²) in [6.07, 6.45) is 1.70. The SMILES string of the molecule is CCNC(=NCc1cccnc1OC)Nc1ccc(OCC)c(OC)c1. The van der Waals surface area contributed by atoms with Gasteiger partial charge in [-0.15, -0.1) is 0 Å². The number of hydrogen-bond acceptors (Lipinski definition) is 5. The molecule has 1 aromatic heterocycles. The Labute approximate surface area is 154 Å². The lowest BCUT2D eigenvalue weighted by Gasteiger charge is -2.14. The molecule has 0 amide bonds. The lowest BCUT2D eigenvalue weighted by Crippen LogP contribution is -2.30. The highest BCUT2D eigenvalue weighted by atomic mass is 16.5. The average molecular weight is 358 g/mol. The number of benzene rings is 1. The van der Waals surface area contributed by atoms with Crippen molar-refractivity contribution in [1.82, 2.24) is 10.3 Å². The molecule has 0 spiro atoms. The molecule has 140 valence electrons. The van der Waals surface area contributed by atoms with Crippen molar-refractivity contribution >= 4 is 11.6 Å². The van der Waals surface area contributed by atoms with E-state index in [1.807, 2.05) is 44.2 Å². The molecule has 0 saturated heterocycles. The molecular weight excluding hydrogens is 332 g/mol. The molecule has 2 rings (SSSR count). The summed E-state index contributed by atoms with van der Waals surface area (Å²) < 4.78 is 16.2. The molecule has 7 heteroatoms. The van der Waals surface area contributed by atoms with Crippen LogP contribution in [0.4, 0.5) is 5.69 Å². The Morgan fingerprint density at radius 3 is 2.65 bits per heavy atom. The molecule has 0 aliphatic rings. The fourth-order valence-electron chi connectivity index (χ4n) is 2.36. The van der Waals surface area contributed by atoms with Gasteiger partial charge in [-0.3, -0.25) is 0 Å². The zero-order valence-electron chi connectivity index (χ0n) is 15.7. The predicted molar refractivity (Wildman–Crippen MR) is 103 cm³/mol. The number of rotatable bonds is 8. The van der Waals surface area contributed by atoms with Gasteiger partial charge >= 0.3 is 0 Å². The van der Waals surface area contributed by atoms with Crippen LogP contribution in [-0.4, -0.2) is 38.3 Å². The van der Waals surface area contributed by atoms with Crippen LogP contribution in [-0.2, 0) is 6.54 Å². The van der Waals surface area contributed by atoms with E-state index in [9.17, 15) is 0 Å². The van der Waals surface area contributed by atoms with E-state index >= 15 is 0 Å². The largest absolute Gasteiger partial charge is 0.493 e. The van der Waals surface area contributed by atoms with Crippen LogP contribution in [0.15, 0.2) is 41.5 Å². The second-order valence-electron chi connectivity index (χ2n) is 5.29. The molecule has 1 heterocycles. The lowest BCUT2D eigenvalue weighted by molar-refractivity contribution is 0.311. The summed E-state index contributed by atoms with van der Waals surface area (Å²) in [5, 5.41) is 6.50. The first-order valence-corrected chi connectivity index (χ1v) is 8.55. The van der Waals surface area contributed by atoms with Crippen LogP contribution in [0.2, 0.25) is 0 Å². The molecule has 1 aromatic carbocycles. The summed E-state index contributed by atoms with van der Waals surface area (Å²) in [7, 11) is 3.22. The maximum atomic E-state index is 5.55. The van der Waals surface area contributed by atoms with Gasteiger partial charge < -0.3 is 24.8 Å². The highest BCUT2D eigenvalue weighted by molar-refractivity contribution is 5.93. The summed E-state index contributed by atoms with van der Waals surface area (Å²) in [6.45, 7) is 5.72. The number of guanidine groups is 1. The first kappa shape index (κ1) is 19.4. The Bertz CT molecular complexity index is 734. The number of aromatic nitrogens is 1. The third-order valence-electron chi connectivity index (χ3n) is 3.52. The van der Waals surface area contributed by atoms with Gasteiger partial charge in [-0.25, -0.2) is 9.98 Å². The molecule has 0 saturated carbocycles. The Hall–Kier alpha value is -2.96. The normalized spacial score (nSPS) is 11.0. The van der Waals surface area contributed by atoms with Crippen molar-refractivity contribution in [3.63, 3.8) is 0 Å². The van der Waals surface area contributed by atoms with E-state index in [1.165, 1.54) is 0 Å². The number of aliphatic imine (C=N–C) groups is 1. The molecule has 0 radical (unpaired) electrons. The highest BCUT2D eigenvalue weighted by Gasteiger charge is 2.08. The van der Waals surface area contributed by atoms with Crippen LogP contribution in [0.1, 0.15) is 19.4 Å². The van der Waals surface area contributed by atoms with Crippen LogP contribution >= 0.6 is 0 Å². The molecule has 0 fully saturated rings. The van der Waals surface area contributed by atoms with Gasteiger partial charge in [0.05, 0.1) is 27.4 Å². The van der Waals surface area contributed by atoms with Gasteiger partial charge in [-0.05, 0) is 32.0 Å². The smallest absolute Gasteiger partial charge is 0.218 e. The standard InChI is InChI=1S/C19H26N4O3/c1-5-20-19(22-13-14-8-7-11-21-18(14)25-4)23-15-9-10-16(26-6-2)17(12-15)24-3/h7-12H,5-6,13H2,1-4H3,(H2,20,22,23). The second kappa shape index (κ2) is 10.1. The molecule has 7 nitrogen and oxygen atoms in total. The van der Waals surface area contributed by atoms with E-state index in [1.54, 1.807) is 20.4 Å². The van der Waals surface area contributed by atoms with Crippen LogP contribution in [0.25, 0.3) is 0 Å². The predicted octanol–water partition coefficient (Wildman–Crippen LogP) is 3.08. The van der Waals surface area contributed by atoms with Crippen LogP contribution in [0.3, 0.4) is 0 Å². The summed E-state index contributed by atoms with van der Waals surface area (Å²) in [5.74, 6) is 2.61. The lowest BCUT2D eigenvalue weighted by atomic mass is 10.2. The fraction of sp³-hybridized carbons (Fsp3) is 0.368. The molecule has 26 heavy (non-hydrogen) atoms. The van der Waals surface area contributed by atoms with Crippen molar-refractivity contribution in [3.05, 3.63) is 42.1 Å². The zero-order chi connectivity index (χ0) is 18.8. The third-order valence-corrected chi connectivity index (χ3v) is 3.52. The molecule has 0 atom stereocenters. The van der Waals surface area contributed by atoms with Gasteiger partial charge in [-0.2, -0.15) is 0 Å². The maximum absolute atomic E-state index is 5.55. The number of nitrogens with one attached hydrogen (secondary N) is 2. The summed E-state index contributed by atoms with van der Waals surface area (Å²) in [5.41, 5.74) is 1.76. The van der Waals surface area contributed by atoms with Crippen molar-refractivity contribution in [2.45, 2.75) is 20.4 Å². The number of methoxy groups -OCH3 is 2. The van der Waals surface area contributed by atoms with Crippen molar-refractivity contribution in [2.75, 3.05) is 32.7 Å². The van der Waals surface area contributed by atoms with Gasteiger partial charge in [0.2, 0.25) is 5.88 Å². The van der Waals surface area contributed by atoms with Gasteiger partial charge in [-0.1, -0.05) is 6.07 Å². The van der Waals surface area contributed by atoms with E-state index in [0.717, 1.165) is 17.8 Å². The zero-order valence-corrected chi connectivity index (χ0v) is 15.7. The molecular formula is C19H26N4O3. The van der Waals surface area contributed by atoms with E-state index in [-0.39, 0.29) is 0 Å². The Morgan fingerprint density at radius 2 is 1.96 bits per heavy atom. The Kier molecular flexibility index (Phi) is 7.54. The summed E-state index contributed by atoms with van der Waals surface area (Å²) in [6, 6.07) is 9.48. The van der Waals surface area contributed by atoms with E-state index in [0.29, 0.717) is 36.5 Å². The second-order valence-corrected chi connectivity index (χ2v) is 5.29. The van der Waals surface area contributed by atoms with Crippen molar-refractivity contribution in [3.8, 4) is 17.4 Å². The topological polar surface area (TPSA) is 77.0 Å². The number of ether oxygens (including phenoxy) is 3. The average Bonchev–Trinajstić information content (AvgIpc) is 2.67. The minimum atomic E-state index is 0.445. The van der Waals surface area contributed by atoms with E-state index in [2.05, 4.69) is 20.6 Å². The number of nitrogens with zero attached hydrogens (tertiary/aromatic N) is 2. The fourth-order valence-corrected chi connectivity index (χ4v) is 2.36. The molecule has 2 aromatic rings. The maximum Gasteiger partial charge on any atom is 0.218 e.